The molecular formula is C12H11FN2O2. The normalized spacial score (nSPS) is 10.5. The van der Waals surface area contributed by atoms with Crippen LogP contribution in [0.15, 0.2) is 35.1 Å². The van der Waals surface area contributed by atoms with Gasteiger partial charge >= 0.3 is 0 Å². The molecule has 1 heterocycles. The predicted octanol–water partition coefficient (Wildman–Crippen LogP) is 1.44. The van der Waals surface area contributed by atoms with Crippen molar-refractivity contribution >= 4 is 5.78 Å². The van der Waals surface area contributed by atoms with Gasteiger partial charge in [0.2, 0.25) is 0 Å². The van der Waals surface area contributed by atoms with E-state index in [-0.39, 0.29) is 23.5 Å². The van der Waals surface area contributed by atoms with Gasteiger partial charge in [0.25, 0.3) is 5.56 Å². The van der Waals surface area contributed by atoms with Crippen LogP contribution < -0.4 is 5.56 Å². The van der Waals surface area contributed by atoms with Crippen molar-refractivity contribution in [2.24, 2.45) is 0 Å². The van der Waals surface area contributed by atoms with E-state index in [4.69, 9.17) is 0 Å². The van der Waals surface area contributed by atoms with Crippen molar-refractivity contribution in [2.75, 3.05) is 0 Å². The SMILES string of the molecule is CC(=O)Cc1cc(=O)n(-c2ccccc2F)[nH]1. The van der Waals surface area contributed by atoms with Gasteiger partial charge in [-0.15, -0.1) is 0 Å². The number of rotatable bonds is 3. The second kappa shape index (κ2) is 4.37. The molecule has 0 radical (unpaired) electrons. The fourth-order valence-corrected chi connectivity index (χ4v) is 1.62. The zero-order valence-electron chi connectivity index (χ0n) is 9.24. The lowest BCUT2D eigenvalue weighted by Gasteiger charge is -2.02. The highest BCUT2D eigenvalue weighted by Crippen LogP contribution is 2.09. The molecule has 88 valence electrons. The number of nitrogens with zero attached hydrogens (tertiary/aromatic N) is 1. The van der Waals surface area contributed by atoms with Gasteiger partial charge in [0.1, 0.15) is 17.3 Å². The molecule has 0 spiro atoms. The summed E-state index contributed by atoms with van der Waals surface area (Å²) in [5.41, 5.74) is 0.240. The van der Waals surface area contributed by atoms with Gasteiger partial charge in [-0.3, -0.25) is 14.7 Å². The number of hydrogen-bond acceptors (Lipinski definition) is 2. The lowest BCUT2D eigenvalue weighted by Crippen LogP contribution is -2.14. The Bertz CT molecular complexity index is 613. The van der Waals surface area contributed by atoms with Gasteiger partial charge in [-0.1, -0.05) is 12.1 Å². The number of ketones is 1. The van der Waals surface area contributed by atoms with Gasteiger partial charge in [-0.25, -0.2) is 9.07 Å². The summed E-state index contributed by atoms with van der Waals surface area (Å²) in [5.74, 6) is -0.558. The minimum Gasteiger partial charge on any atom is -0.300 e. The Morgan fingerprint density at radius 1 is 1.41 bits per heavy atom. The van der Waals surface area contributed by atoms with Crippen LogP contribution in [0.1, 0.15) is 12.6 Å². The number of benzene rings is 1. The van der Waals surface area contributed by atoms with Crippen molar-refractivity contribution < 1.29 is 9.18 Å². The van der Waals surface area contributed by atoms with Crippen molar-refractivity contribution in [3.8, 4) is 5.69 Å². The van der Waals surface area contributed by atoms with Crippen LogP contribution in [0.2, 0.25) is 0 Å². The first-order valence-electron chi connectivity index (χ1n) is 5.13. The summed E-state index contributed by atoms with van der Waals surface area (Å²) in [6.45, 7) is 1.43. The van der Waals surface area contributed by atoms with E-state index in [1.807, 2.05) is 0 Å². The molecule has 2 rings (SSSR count). The molecule has 17 heavy (non-hydrogen) atoms. The third-order valence-electron chi connectivity index (χ3n) is 2.31. The summed E-state index contributed by atoms with van der Waals surface area (Å²) in [6, 6.07) is 7.24. The van der Waals surface area contributed by atoms with E-state index in [0.717, 1.165) is 4.68 Å². The zero-order chi connectivity index (χ0) is 12.4. The monoisotopic (exact) mass is 234 g/mol. The Kier molecular flexibility index (Phi) is 2.91. The van der Waals surface area contributed by atoms with Gasteiger partial charge in [0, 0.05) is 18.2 Å². The van der Waals surface area contributed by atoms with Crippen LogP contribution in [0.3, 0.4) is 0 Å². The van der Waals surface area contributed by atoms with E-state index in [9.17, 15) is 14.0 Å². The van der Waals surface area contributed by atoms with E-state index >= 15 is 0 Å². The second-order valence-electron chi connectivity index (χ2n) is 3.79. The fourth-order valence-electron chi connectivity index (χ4n) is 1.62. The highest BCUT2D eigenvalue weighted by Gasteiger charge is 2.09. The van der Waals surface area contributed by atoms with E-state index < -0.39 is 5.82 Å². The van der Waals surface area contributed by atoms with E-state index in [0.29, 0.717) is 5.69 Å². The number of para-hydroxylation sites is 1. The maximum absolute atomic E-state index is 13.5. The first kappa shape index (κ1) is 11.3. The molecule has 5 heteroatoms. The van der Waals surface area contributed by atoms with Crippen LogP contribution >= 0.6 is 0 Å². The standard InChI is InChI=1S/C12H11FN2O2/c1-8(16)6-9-7-12(17)15(14-9)11-5-3-2-4-10(11)13/h2-5,7,14H,6H2,1H3. The number of H-pyrrole nitrogens is 1. The van der Waals surface area contributed by atoms with Crippen molar-refractivity contribution in [1.29, 1.82) is 0 Å². The lowest BCUT2D eigenvalue weighted by molar-refractivity contribution is -0.116. The quantitative estimate of drug-likeness (QED) is 0.873. The second-order valence-corrected chi connectivity index (χ2v) is 3.79. The molecule has 1 N–H and O–H groups in total. The summed E-state index contributed by atoms with van der Waals surface area (Å²) >= 11 is 0. The molecule has 0 amide bonds. The fraction of sp³-hybridized carbons (Fsp3) is 0.167. The third-order valence-corrected chi connectivity index (χ3v) is 2.31. The number of aromatic nitrogens is 2. The van der Waals surface area contributed by atoms with Crippen molar-refractivity contribution in [1.82, 2.24) is 9.78 Å². The molecule has 1 aromatic carbocycles. The summed E-state index contributed by atoms with van der Waals surface area (Å²) in [7, 11) is 0. The predicted molar refractivity (Wildman–Crippen MR) is 60.7 cm³/mol. The minimum atomic E-state index is -0.495. The van der Waals surface area contributed by atoms with Gasteiger partial charge in [0.05, 0.1) is 0 Å². The molecule has 0 saturated heterocycles. The average Bonchev–Trinajstić information content (AvgIpc) is 2.59. The molecule has 0 aliphatic carbocycles. The molecule has 0 aliphatic heterocycles. The minimum absolute atomic E-state index is 0.0630. The number of hydrogen-bond donors (Lipinski definition) is 1. The van der Waals surface area contributed by atoms with Crippen LogP contribution in [0.5, 0.6) is 0 Å². The van der Waals surface area contributed by atoms with Gasteiger partial charge in [0.15, 0.2) is 0 Å². The van der Waals surface area contributed by atoms with Crippen LogP contribution in [-0.2, 0) is 11.2 Å². The van der Waals surface area contributed by atoms with Gasteiger partial charge in [-0.2, -0.15) is 0 Å². The highest BCUT2D eigenvalue weighted by molar-refractivity contribution is 5.77. The Labute approximate surface area is 96.7 Å². The highest BCUT2D eigenvalue weighted by atomic mass is 19.1. The average molecular weight is 234 g/mol. The first-order valence-corrected chi connectivity index (χ1v) is 5.13. The molecule has 0 saturated carbocycles. The molecule has 0 bridgehead atoms. The van der Waals surface area contributed by atoms with Crippen molar-refractivity contribution in [2.45, 2.75) is 13.3 Å². The summed E-state index contributed by atoms with van der Waals surface area (Å²) in [5, 5.41) is 2.71. The topological polar surface area (TPSA) is 54.9 Å². The number of carbonyl (C=O) groups excluding carboxylic acids is 1. The molecule has 0 unspecified atom stereocenters. The van der Waals surface area contributed by atoms with Gasteiger partial charge in [-0.05, 0) is 19.1 Å². The Hall–Kier alpha value is -2.17. The Morgan fingerprint density at radius 2 is 2.12 bits per heavy atom. The van der Waals surface area contributed by atoms with E-state index in [2.05, 4.69) is 5.10 Å². The zero-order valence-corrected chi connectivity index (χ0v) is 9.24. The molecular weight excluding hydrogens is 223 g/mol. The van der Waals surface area contributed by atoms with Crippen LogP contribution in [0.25, 0.3) is 5.69 Å². The van der Waals surface area contributed by atoms with E-state index in [1.165, 1.54) is 25.1 Å². The maximum Gasteiger partial charge on any atom is 0.271 e. The molecule has 2 aromatic rings. The molecule has 0 atom stereocenters. The number of Topliss-reactive ketones (excluding diaryl/α,β-unsaturated/α-hetero) is 1. The summed E-state index contributed by atoms with van der Waals surface area (Å²) < 4.78 is 14.6. The summed E-state index contributed by atoms with van der Waals surface area (Å²) in [4.78, 5) is 22.6. The Morgan fingerprint density at radius 3 is 2.76 bits per heavy atom. The molecule has 0 aliphatic rings. The van der Waals surface area contributed by atoms with Crippen LogP contribution in [0.4, 0.5) is 4.39 Å². The van der Waals surface area contributed by atoms with Crippen LogP contribution in [-0.4, -0.2) is 15.6 Å². The molecule has 0 fully saturated rings. The number of halogens is 1. The lowest BCUT2D eigenvalue weighted by atomic mass is 10.2. The molecule has 1 aromatic heterocycles. The van der Waals surface area contributed by atoms with Gasteiger partial charge < -0.3 is 0 Å². The van der Waals surface area contributed by atoms with Crippen molar-refractivity contribution in [3.63, 3.8) is 0 Å². The summed E-state index contributed by atoms with van der Waals surface area (Å²) in [6.07, 6.45) is 0.136. The number of carbonyl (C=O) groups is 1. The molecule has 4 nitrogen and oxygen atoms in total. The Balaban J connectivity index is 2.47. The third kappa shape index (κ3) is 2.33. The van der Waals surface area contributed by atoms with Crippen LogP contribution in [0, 0.1) is 5.82 Å². The van der Waals surface area contributed by atoms with E-state index in [1.54, 1.807) is 12.1 Å². The maximum atomic E-state index is 13.5. The largest absolute Gasteiger partial charge is 0.300 e. The van der Waals surface area contributed by atoms with Crippen molar-refractivity contribution in [3.05, 3.63) is 52.2 Å². The first-order chi connectivity index (χ1) is 8.08. The number of nitrogens with one attached hydrogen (secondary N) is 1. The number of aromatic amines is 1. The smallest absolute Gasteiger partial charge is 0.271 e.